The van der Waals surface area contributed by atoms with Gasteiger partial charge in [-0.15, -0.1) is 0 Å². The molecule has 31 heavy (non-hydrogen) atoms. The van der Waals surface area contributed by atoms with Crippen molar-refractivity contribution < 1.29 is 27.1 Å². The highest BCUT2D eigenvalue weighted by Gasteiger charge is 2.31. The number of aromatic nitrogens is 4. The minimum atomic E-state index is -2.75. The summed E-state index contributed by atoms with van der Waals surface area (Å²) in [7, 11) is 2.68. The Hall–Kier alpha value is -3.50. The summed E-state index contributed by atoms with van der Waals surface area (Å²) in [4.78, 5) is 21.6. The topological polar surface area (TPSA) is 72.6 Å². The standard InChI is InChI=1S/C20H17F4N5O2/c1-28(19(30)11-6-14(21)17(31-2)15(22)7-11)12-3-10(4-12)5-13-8-16(18(23)24)27-20-25-9-26-29(13)20/h5-9,12,18H,3-4H2,1-2H3. The second-order valence-corrected chi connectivity index (χ2v) is 7.13. The van der Waals surface area contributed by atoms with Crippen LogP contribution in [0, 0.1) is 11.6 Å². The van der Waals surface area contributed by atoms with Gasteiger partial charge in [0.05, 0.1) is 12.8 Å². The molecule has 0 atom stereocenters. The van der Waals surface area contributed by atoms with Crippen LogP contribution in [0.2, 0.25) is 0 Å². The molecule has 2 aromatic heterocycles. The lowest BCUT2D eigenvalue weighted by Crippen LogP contribution is -2.42. The third kappa shape index (κ3) is 3.82. The van der Waals surface area contributed by atoms with E-state index in [4.69, 9.17) is 0 Å². The second-order valence-electron chi connectivity index (χ2n) is 7.13. The number of nitrogens with zero attached hydrogens (tertiary/aromatic N) is 5. The van der Waals surface area contributed by atoms with Gasteiger partial charge in [0, 0.05) is 18.7 Å². The molecule has 1 aliphatic carbocycles. The molecule has 1 aliphatic rings. The van der Waals surface area contributed by atoms with E-state index in [0.717, 1.165) is 24.8 Å². The van der Waals surface area contributed by atoms with Crippen LogP contribution in [-0.4, -0.2) is 50.6 Å². The number of amides is 1. The van der Waals surface area contributed by atoms with Crippen LogP contribution in [0.15, 0.2) is 30.1 Å². The van der Waals surface area contributed by atoms with Gasteiger partial charge < -0.3 is 9.64 Å². The molecule has 11 heteroatoms. The van der Waals surface area contributed by atoms with Crippen molar-refractivity contribution in [3.63, 3.8) is 0 Å². The highest BCUT2D eigenvalue weighted by Crippen LogP contribution is 2.34. The SMILES string of the molecule is COc1c(F)cc(C(=O)N(C)C2CC(=Cc3cc(C(F)F)nc4ncnn34)C2)cc1F. The van der Waals surface area contributed by atoms with Crippen molar-refractivity contribution in [2.45, 2.75) is 25.3 Å². The van der Waals surface area contributed by atoms with Crippen molar-refractivity contribution in [1.29, 1.82) is 0 Å². The monoisotopic (exact) mass is 435 g/mol. The minimum absolute atomic E-state index is 0.0661. The first-order chi connectivity index (χ1) is 14.8. The molecule has 0 N–H and O–H groups in total. The Morgan fingerprint density at radius 2 is 1.94 bits per heavy atom. The Morgan fingerprint density at radius 3 is 2.55 bits per heavy atom. The van der Waals surface area contributed by atoms with E-state index in [-0.39, 0.29) is 17.4 Å². The van der Waals surface area contributed by atoms with Crippen LogP contribution in [-0.2, 0) is 0 Å². The number of hydrogen-bond donors (Lipinski definition) is 0. The largest absolute Gasteiger partial charge is 0.491 e. The van der Waals surface area contributed by atoms with Gasteiger partial charge in [0.25, 0.3) is 18.1 Å². The summed E-state index contributed by atoms with van der Waals surface area (Å²) in [6.45, 7) is 0. The van der Waals surface area contributed by atoms with Gasteiger partial charge >= 0.3 is 0 Å². The number of carbonyl (C=O) groups is 1. The Labute approximate surface area is 174 Å². The van der Waals surface area contributed by atoms with E-state index in [0.29, 0.717) is 18.5 Å². The first kappa shape index (κ1) is 20.8. The first-order valence-electron chi connectivity index (χ1n) is 9.27. The van der Waals surface area contributed by atoms with E-state index in [2.05, 4.69) is 19.8 Å². The van der Waals surface area contributed by atoms with Crippen LogP contribution in [0.1, 0.15) is 41.0 Å². The van der Waals surface area contributed by atoms with Gasteiger partial charge in [-0.2, -0.15) is 14.6 Å². The Morgan fingerprint density at radius 1 is 1.26 bits per heavy atom. The average molecular weight is 435 g/mol. The van der Waals surface area contributed by atoms with Gasteiger partial charge in [-0.1, -0.05) is 5.57 Å². The van der Waals surface area contributed by atoms with Crippen molar-refractivity contribution in [3.8, 4) is 5.75 Å². The Kier molecular flexibility index (Phi) is 5.34. The molecule has 0 radical (unpaired) electrons. The molecule has 0 spiro atoms. The van der Waals surface area contributed by atoms with Crippen molar-refractivity contribution >= 4 is 17.8 Å². The van der Waals surface area contributed by atoms with Crippen LogP contribution >= 0.6 is 0 Å². The zero-order chi connectivity index (χ0) is 22.3. The predicted octanol–water partition coefficient (Wildman–Crippen LogP) is 3.67. The zero-order valence-corrected chi connectivity index (χ0v) is 16.5. The summed E-state index contributed by atoms with van der Waals surface area (Å²) >= 11 is 0. The van der Waals surface area contributed by atoms with E-state index in [1.54, 1.807) is 13.1 Å². The lowest BCUT2D eigenvalue weighted by atomic mass is 9.84. The van der Waals surface area contributed by atoms with Crippen LogP contribution in [0.25, 0.3) is 11.9 Å². The van der Waals surface area contributed by atoms with E-state index in [1.807, 2.05) is 0 Å². The summed E-state index contributed by atoms with van der Waals surface area (Å²) in [6.07, 6.45) is 1.14. The zero-order valence-electron chi connectivity index (χ0n) is 16.5. The molecule has 1 fully saturated rings. The molecule has 1 aromatic carbocycles. The van der Waals surface area contributed by atoms with Gasteiger partial charge in [0.15, 0.2) is 17.4 Å². The number of fused-ring (bicyclic) bond motifs is 1. The molecule has 0 saturated heterocycles. The number of alkyl halides is 2. The Bertz CT molecular complexity index is 1160. The number of ether oxygens (including phenoxy) is 1. The highest BCUT2D eigenvalue weighted by atomic mass is 19.3. The van der Waals surface area contributed by atoms with E-state index in [9.17, 15) is 22.4 Å². The summed E-state index contributed by atoms with van der Waals surface area (Å²) in [6, 6.07) is 2.90. The molecule has 1 amide bonds. The van der Waals surface area contributed by atoms with Crippen molar-refractivity contribution in [1.82, 2.24) is 24.5 Å². The van der Waals surface area contributed by atoms with E-state index < -0.39 is 35.4 Å². The van der Waals surface area contributed by atoms with Crippen LogP contribution < -0.4 is 4.74 Å². The van der Waals surface area contributed by atoms with Gasteiger partial charge in [-0.05, 0) is 37.1 Å². The van der Waals surface area contributed by atoms with Crippen LogP contribution in [0.5, 0.6) is 5.75 Å². The molecule has 7 nitrogen and oxygen atoms in total. The molecule has 3 aromatic rings. The third-order valence-corrected chi connectivity index (χ3v) is 5.19. The Balaban J connectivity index is 1.50. The predicted molar refractivity (Wildman–Crippen MR) is 102 cm³/mol. The van der Waals surface area contributed by atoms with Crippen LogP contribution in [0.4, 0.5) is 17.6 Å². The fourth-order valence-corrected chi connectivity index (χ4v) is 3.46. The molecular weight excluding hydrogens is 418 g/mol. The maximum atomic E-state index is 13.9. The van der Waals surface area contributed by atoms with E-state index >= 15 is 0 Å². The summed E-state index contributed by atoms with van der Waals surface area (Å²) in [5, 5.41) is 3.99. The van der Waals surface area contributed by atoms with Gasteiger partial charge in [0.2, 0.25) is 0 Å². The number of hydrogen-bond acceptors (Lipinski definition) is 5. The number of carbonyl (C=O) groups excluding carboxylic acids is 1. The molecular formula is C20H17F4N5O2. The van der Waals surface area contributed by atoms with Gasteiger partial charge in [-0.3, -0.25) is 4.79 Å². The summed E-state index contributed by atoms with van der Waals surface area (Å²) in [5.41, 5.74) is 0.773. The van der Waals surface area contributed by atoms with E-state index in [1.165, 1.54) is 21.8 Å². The number of rotatable bonds is 5. The lowest BCUT2D eigenvalue weighted by molar-refractivity contribution is 0.0698. The van der Waals surface area contributed by atoms with Crippen molar-refractivity contribution in [3.05, 3.63) is 58.7 Å². The summed E-state index contributed by atoms with van der Waals surface area (Å²) in [5.74, 6) is -2.94. The molecule has 1 saturated carbocycles. The molecule has 162 valence electrons. The van der Waals surface area contributed by atoms with Gasteiger partial charge in [0.1, 0.15) is 12.0 Å². The lowest BCUT2D eigenvalue weighted by Gasteiger charge is -2.37. The molecule has 4 rings (SSSR count). The second kappa shape index (κ2) is 7.97. The van der Waals surface area contributed by atoms with Crippen LogP contribution in [0.3, 0.4) is 0 Å². The molecule has 0 bridgehead atoms. The van der Waals surface area contributed by atoms with Gasteiger partial charge in [-0.25, -0.2) is 22.5 Å². The van der Waals surface area contributed by atoms with Crippen molar-refractivity contribution in [2.75, 3.05) is 14.2 Å². The maximum Gasteiger partial charge on any atom is 0.280 e. The highest BCUT2D eigenvalue weighted by molar-refractivity contribution is 5.94. The fraction of sp³-hybridized carbons (Fsp3) is 0.300. The first-order valence-corrected chi connectivity index (χ1v) is 9.27. The maximum absolute atomic E-state index is 13.9. The summed E-state index contributed by atoms with van der Waals surface area (Å²) < 4.78 is 60.0. The number of benzene rings is 1. The number of methoxy groups -OCH3 is 1. The normalized spacial score (nSPS) is 15.8. The average Bonchev–Trinajstić information content (AvgIpc) is 3.17. The molecule has 2 heterocycles. The molecule has 0 unspecified atom stereocenters. The smallest absolute Gasteiger partial charge is 0.280 e. The fourth-order valence-electron chi connectivity index (χ4n) is 3.46. The molecule has 0 aliphatic heterocycles. The minimum Gasteiger partial charge on any atom is -0.491 e. The third-order valence-electron chi connectivity index (χ3n) is 5.19. The van der Waals surface area contributed by atoms with Crippen molar-refractivity contribution in [2.24, 2.45) is 0 Å². The quantitative estimate of drug-likeness (QED) is 0.572. The number of halogens is 4.